The van der Waals surface area contributed by atoms with Crippen LogP contribution in [0.4, 0.5) is 10.1 Å². The summed E-state index contributed by atoms with van der Waals surface area (Å²) in [5.41, 5.74) is 2.18. The summed E-state index contributed by atoms with van der Waals surface area (Å²) >= 11 is 0. The lowest BCUT2D eigenvalue weighted by Gasteiger charge is -2.36. The quantitative estimate of drug-likeness (QED) is 0.763. The zero-order chi connectivity index (χ0) is 19.5. The highest BCUT2D eigenvalue weighted by molar-refractivity contribution is 6.00. The number of benzene rings is 2. The molecule has 1 aromatic heterocycles. The highest BCUT2D eigenvalue weighted by Gasteiger charge is 2.26. The molecule has 0 spiro atoms. The first-order valence-corrected chi connectivity index (χ1v) is 9.20. The van der Waals surface area contributed by atoms with E-state index in [1.807, 2.05) is 30.3 Å². The molecular formula is C22H20FN3O2. The van der Waals surface area contributed by atoms with Crippen molar-refractivity contribution in [3.05, 3.63) is 88.6 Å². The summed E-state index contributed by atoms with van der Waals surface area (Å²) in [5.74, 6) is -0.534. The molecule has 3 aromatic rings. The Morgan fingerprint density at radius 1 is 0.893 bits per heavy atom. The first-order chi connectivity index (χ1) is 13.6. The fourth-order valence-corrected chi connectivity index (χ4v) is 3.53. The fraction of sp³-hybridized carbons (Fsp3) is 0.182. The maximum Gasteiger partial charge on any atom is 0.261 e. The molecule has 1 N–H and O–H groups in total. The van der Waals surface area contributed by atoms with Gasteiger partial charge in [0.25, 0.3) is 11.5 Å². The van der Waals surface area contributed by atoms with Gasteiger partial charge in [0.1, 0.15) is 11.4 Å². The Morgan fingerprint density at radius 3 is 2.25 bits per heavy atom. The second kappa shape index (κ2) is 7.68. The van der Waals surface area contributed by atoms with Crippen LogP contribution < -0.4 is 10.5 Å². The highest BCUT2D eigenvalue weighted by Crippen LogP contribution is 2.23. The van der Waals surface area contributed by atoms with Crippen LogP contribution in [0.1, 0.15) is 10.4 Å². The minimum atomic E-state index is -0.382. The minimum absolute atomic E-state index is 0.170. The smallest absolute Gasteiger partial charge is 0.261 e. The average molecular weight is 377 g/mol. The standard InChI is InChI=1S/C22H20FN3O2/c23-17-6-8-18(9-7-17)25-12-14-26(15-13-25)22(28)20-19(10-11-24-21(20)27)16-4-2-1-3-5-16/h1-11H,12-15H2,(H,24,27). The van der Waals surface area contributed by atoms with Crippen molar-refractivity contribution in [1.82, 2.24) is 9.88 Å². The summed E-state index contributed by atoms with van der Waals surface area (Å²) < 4.78 is 13.1. The maximum atomic E-state index is 13.1. The van der Waals surface area contributed by atoms with Crippen molar-refractivity contribution in [3.63, 3.8) is 0 Å². The van der Waals surface area contributed by atoms with Gasteiger partial charge in [0.15, 0.2) is 0 Å². The Kier molecular flexibility index (Phi) is 4.93. The van der Waals surface area contributed by atoms with Crippen molar-refractivity contribution in [2.24, 2.45) is 0 Å². The van der Waals surface area contributed by atoms with Gasteiger partial charge in [0, 0.05) is 43.6 Å². The van der Waals surface area contributed by atoms with Crippen LogP contribution in [0.15, 0.2) is 71.7 Å². The molecule has 0 atom stereocenters. The molecule has 1 saturated heterocycles. The number of H-pyrrole nitrogens is 1. The molecule has 28 heavy (non-hydrogen) atoms. The first-order valence-electron chi connectivity index (χ1n) is 9.20. The predicted molar refractivity (Wildman–Crippen MR) is 107 cm³/mol. The molecular weight excluding hydrogens is 357 g/mol. The average Bonchev–Trinajstić information content (AvgIpc) is 2.74. The van der Waals surface area contributed by atoms with Gasteiger partial charge in [-0.3, -0.25) is 9.59 Å². The van der Waals surface area contributed by atoms with E-state index < -0.39 is 0 Å². The third-order valence-corrected chi connectivity index (χ3v) is 5.02. The van der Waals surface area contributed by atoms with Crippen molar-refractivity contribution in [2.45, 2.75) is 0 Å². The number of halogens is 1. The van der Waals surface area contributed by atoms with Crippen LogP contribution in [0.25, 0.3) is 11.1 Å². The molecule has 2 aromatic carbocycles. The summed E-state index contributed by atoms with van der Waals surface area (Å²) in [5, 5.41) is 0. The van der Waals surface area contributed by atoms with Crippen LogP contribution in [0, 0.1) is 5.82 Å². The molecule has 0 radical (unpaired) electrons. The number of rotatable bonds is 3. The van der Waals surface area contributed by atoms with E-state index in [-0.39, 0.29) is 22.8 Å². The van der Waals surface area contributed by atoms with Crippen LogP contribution >= 0.6 is 0 Å². The molecule has 1 amide bonds. The lowest BCUT2D eigenvalue weighted by molar-refractivity contribution is 0.0746. The Labute approximate surface area is 162 Å². The second-order valence-electron chi connectivity index (χ2n) is 6.72. The lowest BCUT2D eigenvalue weighted by atomic mass is 10.0. The number of aromatic nitrogens is 1. The normalized spacial score (nSPS) is 14.2. The number of pyridine rings is 1. The molecule has 0 bridgehead atoms. The van der Waals surface area contributed by atoms with E-state index in [1.54, 1.807) is 29.3 Å². The van der Waals surface area contributed by atoms with Gasteiger partial charge in [-0.25, -0.2) is 4.39 Å². The first kappa shape index (κ1) is 18.0. The molecule has 4 rings (SSSR count). The van der Waals surface area contributed by atoms with Gasteiger partial charge in [0.05, 0.1) is 0 Å². The van der Waals surface area contributed by atoms with Crippen LogP contribution in [0.3, 0.4) is 0 Å². The highest BCUT2D eigenvalue weighted by atomic mass is 19.1. The Hall–Kier alpha value is -3.41. The molecule has 6 heteroatoms. The van der Waals surface area contributed by atoms with Crippen molar-refractivity contribution in [2.75, 3.05) is 31.1 Å². The number of carbonyl (C=O) groups is 1. The molecule has 0 unspecified atom stereocenters. The van der Waals surface area contributed by atoms with E-state index in [0.717, 1.165) is 11.3 Å². The van der Waals surface area contributed by atoms with Crippen molar-refractivity contribution in [1.29, 1.82) is 0 Å². The van der Waals surface area contributed by atoms with Crippen molar-refractivity contribution < 1.29 is 9.18 Å². The molecule has 0 saturated carbocycles. The number of anilines is 1. The minimum Gasteiger partial charge on any atom is -0.368 e. The molecule has 2 heterocycles. The summed E-state index contributed by atoms with van der Waals surface area (Å²) in [7, 11) is 0. The number of nitrogens with zero attached hydrogens (tertiary/aromatic N) is 2. The third kappa shape index (κ3) is 3.53. The summed E-state index contributed by atoms with van der Waals surface area (Å²) in [4.78, 5) is 32.0. The number of hydrogen-bond donors (Lipinski definition) is 1. The van der Waals surface area contributed by atoms with Crippen molar-refractivity contribution >= 4 is 11.6 Å². The summed E-state index contributed by atoms with van der Waals surface area (Å²) in [6.07, 6.45) is 1.56. The predicted octanol–water partition coefficient (Wildman–Crippen LogP) is 3.14. The summed E-state index contributed by atoms with van der Waals surface area (Å²) in [6.45, 7) is 2.25. The number of nitrogens with one attached hydrogen (secondary N) is 1. The van der Waals surface area contributed by atoms with Gasteiger partial charge in [-0.1, -0.05) is 30.3 Å². The number of piperazine rings is 1. The lowest BCUT2D eigenvalue weighted by Crippen LogP contribution is -2.49. The van der Waals surface area contributed by atoms with E-state index in [2.05, 4.69) is 9.88 Å². The monoisotopic (exact) mass is 377 g/mol. The zero-order valence-electron chi connectivity index (χ0n) is 15.3. The molecule has 142 valence electrons. The van der Waals surface area contributed by atoms with Gasteiger partial charge in [-0.05, 0) is 35.9 Å². The third-order valence-electron chi connectivity index (χ3n) is 5.02. The second-order valence-corrected chi connectivity index (χ2v) is 6.72. The van der Waals surface area contributed by atoms with E-state index in [4.69, 9.17) is 0 Å². The number of aromatic amines is 1. The van der Waals surface area contributed by atoms with E-state index in [0.29, 0.717) is 31.7 Å². The maximum absolute atomic E-state index is 13.1. The molecule has 1 aliphatic heterocycles. The molecule has 1 fully saturated rings. The van der Waals surface area contributed by atoms with Gasteiger partial charge in [-0.2, -0.15) is 0 Å². The molecule has 5 nitrogen and oxygen atoms in total. The number of hydrogen-bond acceptors (Lipinski definition) is 3. The van der Waals surface area contributed by atoms with Gasteiger partial charge in [0.2, 0.25) is 0 Å². The van der Waals surface area contributed by atoms with Crippen LogP contribution in [0.5, 0.6) is 0 Å². The Balaban J connectivity index is 1.55. The summed E-state index contributed by atoms with van der Waals surface area (Å²) in [6, 6.07) is 17.5. The number of carbonyl (C=O) groups excluding carboxylic acids is 1. The van der Waals surface area contributed by atoms with Crippen LogP contribution in [0.2, 0.25) is 0 Å². The molecule has 0 aliphatic carbocycles. The Bertz CT molecular complexity index is 1020. The van der Waals surface area contributed by atoms with Gasteiger partial charge < -0.3 is 14.8 Å². The largest absolute Gasteiger partial charge is 0.368 e. The van der Waals surface area contributed by atoms with Gasteiger partial charge in [-0.15, -0.1) is 0 Å². The van der Waals surface area contributed by atoms with Crippen molar-refractivity contribution in [3.8, 4) is 11.1 Å². The topological polar surface area (TPSA) is 56.4 Å². The molecule has 1 aliphatic rings. The fourth-order valence-electron chi connectivity index (χ4n) is 3.53. The number of amides is 1. The van der Waals surface area contributed by atoms with E-state index in [1.165, 1.54) is 12.1 Å². The SMILES string of the molecule is O=C(c1c(-c2ccccc2)cc[nH]c1=O)N1CCN(c2ccc(F)cc2)CC1. The van der Waals surface area contributed by atoms with E-state index >= 15 is 0 Å². The van der Waals surface area contributed by atoms with Crippen LogP contribution in [-0.4, -0.2) is 42.0 Å². The Morgan fingerprint density at radius 2 is 1.57 bits per heavy atom. The zero-order valence-corrected chi connectivity index (χ0v) is 15.3. The van der Waals surface area contributed by atoms with Crippen LogP contribution in [-0.2, 0) is 0 Å². The van der Waals surface area contributed by atoms with Gasteiger partial charge >= 0.3 is 0 Å². The van der Waals surface area contributed by atoms with E-state index in [9.17, 15) is 14.0 Å².